The summed E-state index contributed by atoms with van der Waals surface area (Å²) >= 11 is 0. The summed E-state index contributed by atoms with van der Waals surface area (Å²) in [5, 5.41) is 6.73. The smallest absolute Gasteiger partial charge is 0.0565 e. The van der Waals surface area contributed by atoms with Gasteiger partial charge in [-0.25, -0.2) is 0 Å². The predicted octanol–water partition coefficient (Wildman–Crippen LogP) is 4.79. The highest BCUT2D eigenvalue weighted by Gasteiger charge is 2.11. The maximum Gasteiger partial charge on any atom is 0.0565 e. The molecule has 3 aromatic carbocycles. The second-order valence-electron chi connectivity index (χ2n) is 5.20. The Morgan fingerprint density at radius 2 is 1.16 bits per heavy atom. The second-order valence-corrected chi connectivity index (χ2v) is 5.20. The van der Waals surface area contributed by atoms with E-state index in [4.69, 9.17) is 0 Å². The van der Waals surface area contributed by atoms with Crippen LogP contribution >= 0.6 is 0 Å². The van der Waals surface area contributed by atoms with E-state index < -0.39 is 0 Å². The first-order chi connectivity index (χ1) is 9.27. The van der Waals surface area contributed by atoms with E-state index in [0.717, 1.165) is 0 Å². The van der Waals surface area contributed by atoms with Crippen LogP contribution in [0.5, 0.6) is 0 Å². The number of nitrogens with zero attached hydrogens (tertiary/aromatic N) is 1. The molecule has 0 spiro atoms. The van der Waals surface area contributed by atoms with Gasteiger partial charge in [0.05, 0.1) is 5.52 Å². The van der Waals surface area contributed by atoms with E-state index in [0.29, 0.717) is 0 Å². The van der Waals surface area contributed by atoms with Crippen LogP contribution in [-0.2, 0) is 7.05 Å². The lowest BCUT2D eigenvalue weighted by atomic mass is 9.98. The van der Waals surface area contributed by atoms with Crippen molar-refractivity contribution in [3.8, 4) is 0 Å². The molecule has 0 fully saturated rings. The Bertz CT molecular complexity index is 929. The van der Waals surface area contributed by atoms with Crippen LogP contribution in [0.3, 0.4) is 0 Å². The zero-order chi connectivity index (χ0) is 13.0. The molecule has 0 atom stereocenters. The lowest BCUT2D eigenvalue weighted by Gasteiger charge is -2.08. The fraction of sp³-hybridized carbons (Fsp3) is 0.111. The van der Waals surface area contributed by atoms with Crippen LogP contribution in [-0.4, -0.2) is 4.57 Å². The first kappa shape index (κ1) is 10.6. The number of aryl methyl sites for hydroxylation is 2. The average Bonchev–Trinajstić information content (AvgIpc) is 2.76. The van der Waals surface area contributed by atoms with E-state index in [2.05, 4.69) is 73.1 Å². The fourth-order valence-electron chi connectivity index (χ4n) is 3.14. The summed E-state index contributed by atoms with van der Waals surface area (Å²) in [6.45, 7) is 2.17. The zero-order valence-electron chi connectivity index (χ0n) is 11.1. The molecule has 19 heavy (non-hydrogen) atoms. The molecular formula is C18H15N. The van der Waals surface area contributed by atoms with E-state index in [-0.39, 0.29) is 0 Å². The van der Waals surface area contributed by atoms with Crippen molar-refractivity contribution in [2.75, 3.05) is 0 Å². The summed E-state index contributed by atoms with van der Waals surface area (Å²) in [6, 6.07) is 19.7. The van der Waals surface area contributed by atoms with Gasteiger partial charge in [0, 0.05) is 23.5 Å². The third-order valence-electron chi connectivity index (χ3n) is 4.16. The third-order valence-corrected chi connectivity index (χ3v) is 4.16. The normalized spacial score (nSPS) is 11.7. The maximum atomic E-state index is 2.30. The number of hydrogen-bond donors (Lipinski definition) is 0. The molecule has 1 aromatic heterocycles. The highest BCUT2D eigenvalue weighted by atomic mass is 14.9. The van der Waals surface area contributed by atoms with Gasteiger partial charge in [-0.15, -0.1) is 0 Å². The zero-order valence-corrected chi connectivity index (χ0v) is 11.1. The van der Waals surface area contributed by atoms with Crippen molar-refractivity contribution in [2.45, 2.75) is 6.92 Å². The molecule has 0 saturated carbocycles. The molecule has 0 N–H and O–H groups in total. The van der Waals surface area contributed by atoms with Crippen LogP contribution in [0.4, 0.5) is 0 Å². The largest absolute Gasteiger partial charge is 0.347 e. The number of hydrogen-bond acceptors (Lipinski definition) is 0. The van der Waals surface area contributed by atoms with Gasteiger partial charge in [0.1, 0.15) is 0 Å². The van der Waals surface area contributed by atoms with Gasteiger partial charge in [-0.2, -0.15) is 0 Å². The van der Waals surface area contributed by atoms with Crippen molar-refractivity contribution in [1.82, 2.24) is 4.57 Å². The van der Waals surface area contributed by atoms with Crippen LogP contribution in [0.25, 0.3) is 32.4 Å². The first-order valence-corrected chi connectivity index (χ1v) is 6.63. The Kier molecular flexibility index (Phi) is 2.02. The van der Waals surface area contributed by atoms with E-state index in [1.165, 1.54) is 38.1 Å². The maximum absolute atomic E-state index is 2.30. The molecular weight excluding hydrogens is 230 g/mol. The molecule has 1 heteroatoms. The summed E-state index contributed by atoms with van der Waals surface area (Å²) in [4.78, 5) is 0. The van der Waals surface area contributed by atoms with Gasteiger partial charge >= 0.3 is 0 Å². The van der Waals surface area contributed by atoms with Crippen LogP contribution in [0.15, 0.2) is 54.6 Å². The lowest BCUT2D eigenvalue weighted by molar-refractivity contribution is 0.921. The van der Waals surface area contributed by atoms with Crippen molar-refractivity contribution in [1.29, 1.82) is 0 Å². The average molecular weight is 245 g/mol. The molecule has 0 amide bonds. The van der Waals surface area contributed by atoms with Crippen LogP contribution in [0.2, 0.25) is 0 Å². The number of rotatable bonds is 0. The van der Waals surface area contributed by atoms with Crippen LogP contribution in [0.1, 0.15) is 5.69 Å². The molecule has 4 rings (SSSR count). The topological polar surface area (TPSA) is 4.93 Å². The molecule has 1 nitrogen and oxygen atoms in total. The fourth-order valence-corrected chi connectivity index (χ4v) is 3.14. The van der Waals surface area contributed by atoms with E-state index in [1.807, 2.05) is 0 Å². The number of aromatic nitrogens is 1. The Morgan fingerprint density at radius 1 is 0.684 bits per heavy atom. The van der Waals surface area contributed by atoms with Gasteiger partial charge in [0.25, 0.3) is 0 Å². The first-order valence-electron chi connectivity index (χ1n) is 6.63. The van der Waals surface area contributed by atoms with Crippen molar-refractivity contribution < 1.29 is 0 Å². The van der Waals surface area contributed by atoms with Crippen LogP contribution < -0.4 is 0 Å². The predicted molar refractivity (Wildman–Crippen MR) is 82.7 cm³/mol. The van der Waals surface area contributed by atoms with Gasteiger partial charge in [0.2, 0.25) is 0 Å². The van der Waals surface area contributed by atoms with Gasteiger partial charge in [-0.05, 0) is 29.1 Å². The molecule has 92 valence electrons. The molecule has 0 aliphatic heterocycles. The Labute approximate surface area is 112 Å². The SMILES string of the molecule is Cc1cc2c3ccccc3c3ccccc3c2n1C. The molecule has 1 heterocycles. The number of benzene rings is 3. The van der Waals surface area contributed by atoms with Crippen molar-refractivity contribution >= 4 is 32.4 Å². The minimum Gasteiger partial charge on any atom is -0.347 e. The standard InChI is InChI=1S/C18H15N/c1-12-11-17-15-9-4-3-7-13(15)14-8-5-6-10-16(14)18(17)19(12)2/h3-11H,1-2H3. The molecule has 0 unspecified atom stereocenters. The third kappa shape index (κ3) is 1.30. The summed E-state index contributed by atoms with van der Waals surface area (Å²) in [6.07, 6.45) is 0. The monoisotopic (exact) mass is 245 g/mol. The molecule has 0 aliphatic rings. The van der Waals surface area contributed by atoms with Gasteiger partial charge in [0.15, 0.2) is 0 Å². The molecule has 4 aromatic rings. The summed E-state index contributed by atoms with van der Waals surface area (Å²) in [5.74, 6) is 0. The Balaban J connectivity index is 2.47. The minimum absolute atomic E-state index is 1.30. The van der Waals surface area contributed by atoms with Crippen LogP contribution in [0, 0.1) is 6.92 Å². The summed E-state index contributed by atoms with van der Waals surface area (Å²) in [5.41, 5.74) is 2.64. The Morgan fingerprint density at radius 3 is 1.79 bits per heavy atom. The lowest BCUT2D eigenvalue weighted by Crippen LogP contribution is -1.91. The summed E-state index contributed by atoms with van der Waals surface area (Å²) in [7, 11) is 2.15. The van der Waals surface area contributed by atoms with E-state index in [9.17, 15) is 0 Å². The number of fused-ring (bicyclic) bond motifs is 6. The van der Waals surface area contributed by atoms with Crippen molar-refractivity contribution in [3.05, 3.63) is 60.3 Å². The summed E-state index contributed by atoms with van der Waals surface area (Å²) < 4.78 is 2.30. The van der Waals surface area contributed by atoms with E-state index >= 15 is 0 Å². The minimum atomic E-state index is 1.30. The Hall–Kier alpha value is -2.28. The van der Waals surface area contributed by atoms with Crippen molar-refractivity contribution in [3.63, 3.8) is 0 Å². The quantitative estimate of drug-likeness (QED) is 0.392. The molecule has 0 radical (unpaired) electrons. The van der Waals surface area contributed by atoms with E-state index in [1.54, 1.807) is 0 Å². The van der Waals surface area contributed by atoms with Gasteiger partial charge in [-0.3, -0.25) is 0 Å². The molecule has 0 aliphatic carbocycles. The molecule has 0 bridgehead atoms. The second kappa shape index (κ2) is 3.61. The van der Waals surface area contributed by atoms with Gasteiger partial charge < -0.3 is 4.57 Å². The van der Waals surface area contributed by atoms with Crippen molar-refractivity contribution in [2.24, 2.45) is 7.05 Å². The molecule has 0 saturated heterocycles. The van der Waals surface area contributed by atoms with Gasteiger partial charge in [-0.1, -0.05) is 48.5 Å². The highest BCUT2D eigenvalue weighted by Crippen LogP contribution is 2.35. The highest BCUT2D eigenvalue weighted by molar-refractivity contribution is 6.24.